The maximum atomic E-state index is 10.9. The molecule has 1 aromatic rings. The first-order valence-electron chi connectivity index (χ1n) is 6.17. The molecular formula is C14H16MnNO4-. The first kappa shape index (κ1) is 18.3. The molecule has 2 amide bonds. The number of hydrogen-bond donors (Lipinski definition) is 1. The maximum Gasteiger partial charge on any atom is 0.303 e. The number of hydrogen-bond acceptors (Lipinski definition) is 3. The van der Waals surface area contributed by atoms with Crippen molar-refractivity contribution in [2.75, 3.05) is 0 Å². The van der Waals surface area contributed by atoms with Crippen LogP contribution < -0.4 is 0 Å². The second-order valence-electron chi connectivity index (χ2n) is 4.12. The molecule has 20 heavy (non-hydrogen) atoms. The average Bonchev–Trinajstić information content (AvgIpc) is 2.67. The maximum absolute atomic E-state index is 10.9. The summed E-state index contributed by atoms with van der Waals surface area (Å²) >= 11 is 0. The van der Waals surface area contributed by atoms with Crippen LogP contribution in [0.2, 0.25) is 0 Å². The number of rotatable bonds is 4. The number of amides is 2. The molecule has 0 saturated heterocycles. The van der Waals surface area contributed by atoms with E-state index in [1.807, 2.05) is 0 Å². The van der Waals surface area contributed by atoms with Crippen LogP contribution in [-0.4, -0.2) is 22.9 Å². The average molecular weight is 317 g/mol. The van der Waals surface area contributed by atoms with Crippen molar-refractivity contribution in [1.29, 1.82) is 0 Å². The van der Waals surface area contributed by atoms with Crippen molar-refractivity contribution < 1.29 is 36.6 Å². The summed E-state index contributed by atoms with van der Waals surface area (Å²) < 4.78 is 0. The van der Waals surface area contributed by atoms with Crippen LogP contribution in [0.15, 0.2) is 24.3 Å². The van der Waals surface area contributed by atoms with Gasteiger partial charge in [-0.3, -0.25) is 4.79 Å². The smallest absolute Gasteiger partial charge is 0.303 e. The minimum absolute atomic E-state index is 0. The molecule has 109 valence electrons. The number of nitrogens with zero attached hydrogens (tertiary/aromatic N) is 1. The molecule has 1 heterocycles. The molecule has 1 aliphatic heterocycles. The van der Waals surface area contributed by atoms with Crippen LogP contribution in [0, 0.1) is 0 Å². The summed E-state index contributed by atoms with van der Waals surface area (Å²) in [6, 6.07) is 6.63. The Labute approximate surface area is 128 Å². The van der Waals surface area contributed by atoms with E-state index in [1.54, 1.807) is 24.3 Å². The minimum Gasteiger partial charge on any atom is -0.587 e. The molecule has 0 spiro atoms. The summed E-state index contributed by atoms with van der Waals surface area (Å²) in [4.78, 5) is 31.7. The number of carboxylic acid groups (broad SMARTS) is 1. The third-order valence-corrected chi connectivity index (χ3v) is 2.59. The van der Waals surface area contributed by atoms with Gasteiger partial charge in [0.15, 0.2) is 0 Å². The molecule has 6 heteroatoms. The molecule has 0 bridgehead atoms. The number of aliphatic carboxylic acids is 1. The van der Waals surface area contributed by atoms with E-state index in [0.717, 1.165) is 19.3 Å². The van der Waals surface area contributed by atoms with Gasteiger partial charge in [0, 0.05) is 34.6 Å². The van der Waals surface area contributed by atoms with Crippen LogP contribution >= 0.6 is 0 Å². The molecule has 5 nitrogen and oxygen atoms in total. The van der Waals surface area contributed by atoms with E-state index in [0.29, 0.717) is 17.5 Å². The van der Waals surface area contributed by atoms with Crippen molar-refractivity contribution in [2.45, 2.75) is 32.6 Å². The molecule has 1 radical (unpaired) electrons. The molecule has 0 aliphatic carbocycles. The Morgan fingerprint density at radius 1 is 1.10 bits per heavy atom. The fourth-order valence-electron chi connectivity index (χ4n) is 1.60. The molecule has 0 saturated carbocycles. The van der Waals surface area contributed by atoms with Crippen molar-refractivity contribution in [3.8, 4) is 0 Å². The Bertz CT molecular complexity index is 455. The van der Waals surface area contributed by atoms with Gasteiger partial charge in [0.05, 0.1) is 11.8 Å². The summed E-state index contributed by atoms with van der Waals surface area (Å²) in [5, 5.41) is 11.4. The van der Waals surface area contributed by atoms with Gasteiger partial charge in [0.1, 0.15) is 0 Å². The Balaban J connectivity index is 0.000000364. The van der Waals surface area contributed by atoms with E-state index < -0.39 is 17.8 Å². The van der Waals surface area contributed by atoms with Gasteiger partial charge in [-0.2, -0.15) is 0 Å². The van der Waals surface area contributed by atoms with E-state index >= 15 is 0 Å². The van der Waals surface area contributed by atoms with Gasteiger partial charge in [-0.15, -0.1) is 0 Å². The molecule has 1 aromatic carbocycles. The Kier molecular flexibility index (Phi) is 8.52. The van der Waals surface area contributed by atoms with E-state index in [-0.39, 0.29) is 17.1 Å². The molecule has 2 rings (SSSR count). The Morgan fingerprint density at radius 2 is 1.60 bits per heavy atom. The van der Waals surface area contributed by atoms with Gasteiger partial charge in [0.2, 0.25) is 0 Å². The predicted octanol–water partition coefficient (Wildman–Crippen LogP) is 3.00. The summed E-state index contributed by atoms with van der Waals surface area (Å²) in [7, 11) is 0. The third kappa shape index (κ3) is 5.55. The molecule has 0 fully saturated rings. The van der Waals surface area contributed by atoms with Gasteiger partial charge in [-0.05, 0) is 6.42 Å². The number of unbranched alkanes of at least 4 members (excludes halogenated alkanes) is 2. The minimum atomic E-state index is -0.682. The van der Waals surface area contributed by atoms with Crippen molar-refractivity contribution >= 4 is 17.8 Å². The van der Waals surface area contributed by atoms with Gasteiger partial charge >= 0.3 is 5.97 Å². The number of carboxylic acids is 1. The second-order valence-corrected chi connectivity index (χ2v) is 4.12. The number of carbonyl (C=O) groups is 3. The summed E-state index contributed by atoms with van der Waals surface area (Å²) in [6.07, 6.45) is 3.28. The van der Waals surface area contributed by atoms with Crippen LogP contribution in [0.25, 0.3) is 5.32 Å². The van der Waals surface area contributed by atoms with Crippen LogP contribution in [0.3, 0.4) is 0 Å². The Morgan fingerprint density at radius 3 is 2.00 bits per heavy atom. The zero-order chi connectivity index (χ0) is 14.3. The van der Waals surface area contributed by atoms with Crippen LogP contribution in [0.4, 0.5) is 0 Å². The number of fused-ring (bicyclic) bond motifs is 1. The summed E-state index contributed by atoms with van der Waals surface area (Å²) in [5.41, 5.74) is 0.829. The van der Waals surface area contributed by atoms with Gasteiger partial charge < -0.3 is 20.0 Å². The Hall–Kier alpha value is -1.65. The van der Waals surface area contributed by atoms with Crippen molar-refractivity contribution in [3.63, 3.8) is 0 Å². The fraction of sp³-hybridized carbons (Fsp3) is 0.357. The second kappa shape index (κ2) is 9.28. The molecule has 1 N–H and O–H groups in total. The summed E-state index contributed by atoms with van der Waals surface area (Å²) in [6.45, 7) is 2.06. The number of carbonyl (C=O) groups excluding carboxylic acids is 2. The van der Waals surface area contributed by atoms with Gasteiger partial charge in [-0.25, -0.2) is 0 Å². The monoisotopic (exact) mass is 317 g/mol. The van der Waals surface area contributed by atoms with Crippen LogP contribution in [0.1, 0.15) is 53.3 Å². The van der Waals surface area contributed by atoms with Gasteiger partial charge in [0.25, 0.3) is 0 Å². The third-order valence-electron chi connectivity index (χ3n) is 2.59. The van der Waals surface area contributed by atoms with E-state index in [1.165, 1.54) is 0 Å². The largest absolute Gasteiger partial charge is 0.587 e. The van der Waals surface area contributed by atoms with Crippen LogP contribution in [0.5, 0.6) is 0 Å². The fourth-order valence-corrected chi connectivity index (χ4v) is 1.60. The SMILES string of the molecule is CCCCCC(=O)O.O=C1[N-]C(=O)c2ccccc21.[Mn]. The van der Waals surface area contributed by atoms with E-state index in [2.05, 4.69) is 12.2 Å². The molecular weight excluding hydrogens is 301 g/mol. The number of benzene rings is 1. The van der Waals surface area contributed by atoms with Crippen molar-refractivity contribution in [2.24, 2.45) is 0 Å². The quantitative estimate of drug-likeness (QED) is 0.525. The molecule has 1 aliphatic rings. The van der Waals surface area contributed by atoms with Gasteiger partial charge in [-0.1, -0.05) is 44.0 Å². The zero-order valence-electron chi connectivity index (χ0n) is 11.1. The standard InChI is InChI=1S/C8H5NO2.C6H12O2.Mn/c10-7-5-3-1-2-4-6(5)8(11)9-7;1-2-3-4-5-6(7)8;/h1-4H,(H,9,10,11);2-5H2,1H3,(H,7,8);/p-1. The topological polar surface area (TPSA) is 85.5 Å². The van der Waals surface area contributed by atoms with Crippen molar-refractivity contribution in [3.05, 3.63) is 40.7 Å². The normalized spacial score (nSPS) is 11.7. The molecule has 0 unspecified atom stereocenters. The number of imide groups is 1. The zero-order valence-corrected chi connectivity index (χ0v) is 12.3. The van der Waals surface area contributed by atoms with Crippen LogP contribution in [-0.2, 0) is 21.9 Å². The first-order chi connectivity index (χ1) is 9.06. The molecule has 0 atom stereocenters. The molecule has 0 aromatic heterocycles. The van der Waals surface area contributed by atoms with E-state index in [4.69, 9.17) is 5.11 Å². The summed E-state index contributed by atoms with van der Waals surface area (Å²) in [5.74, 6) is -1.53. The predicted molar refractivity (Wildman–Crippen MR) is 70.2 cm³/mol. The van der Waals surface area contributed by atoms with Crippen molar-refractivity contribution in [1.82, 2.24) is 0 Å². The first-order valence-corrected chi connectivity index (χ1v) is 6.17. The van der Waals surface area contributed by atoms with E-state index in [9.17, 15) is 14.4 Å².